The molecule has 0 radical (unpaired) electrons. The lowest BCUT2D eigenvalue weighted by molar-refractivity contribution is -0.0229. The number of aromatic amines is 1. The van der Waals surface area contributed by atoms with Crippen molar-refractivity contribution in [2.75, 3.05) is 19.7 Å². The Morgan fingerprint density at radius 2 is 2.26 bits per heavy atom. The Labute approximate surface area is 132 Å². The molecule has 1 aliphatic rings. The second-order valence-corrected chi connectivity index (χ2v) is 5.68. The highest BCUT2D eigenvalue weighted by molar-refractivity contribution is 6.04. The zero-order valence-electron chi connectivity index (χ0n) is 12.8. The highest BCUT2D eigenvalue weighted by atomic mass is 16.5. The standard InChI is InChI=1S/C16H17N5O2/c1-20-9-11(8-17-20)14-10-21(6-7-23-14)16(22)15-12-4-2-3-5-13(12)18-19-15/h2-5,8-9,14H,6-7,10H2,1H3,(H,18,19). The highest BCUT2D eigenvalue weighted by Gasteiger charge is 2.28. The number of para-hydroxylation sites is 1. The third-order valence-electron chi connectivity index (χ3n) is 4.12. The SMILES string of the molecule is Cn1cc(C2CN(C(=O)c3n[nH]c4ccccc34)CCO2)cn1. The molecular formula is C16H17N5O2. The van der Waals surface area contributed by atoms with Crippen LogP contribution in [0.2, 0.25) is 0 Å². The molecule has 1 atom stereocenters. The van der Waals surface area contributed by atoms with Gasteiger partial charge in [-0.3, -0.25) is 14.6 Å². The number of fused-ring (bicyclic) bond motifs is 1. The van der Waals surface area contributed by atoms with Crippen molar-refractivity contribution >= 4 is 16.8 Å². The Hall–Kier alpha value is -2.67. The summed E-state index contributed by atoms with van der Waals surface area (Å²) in [5.74, 6) is -0.0698. The molecule has 118 valence electrons. The van der Waals surface area contributed by atoms with E-state index in [1.807, 2.05) is 37.5 Å². The zero-order chi connectivity index (χ0) is 15.8. The van der Waals surface area contributed by atoms with Gasteiger partial charge in [-0.1, -0.05) is 18.2 Å². The predicted molar refractivity (Wildman–Crippen MR) is 83.9 cm³/mol. The van der Waals surface area contributed by atoms with Crippen LogP contribution in [-0.2, 0) is 11.8 Å². The van der Waals surface area contributed by atoms with Crippen molar-refractivity contribution in [3.63, 3.8) is 0 Å². The number of benzene rings is 1. The fourth-order valence-corrected chi connectivity index (χ4v) is 2.92. The lowest BCUT2D eigenvalue weighted by atomic mass is 10.1. The number of aryl methyl sites for hydroxylation is 1. The minimum absolute atomic E-state index is 0.0698. The molecule has 0 spiro atoms. The van der Waals surface area contributed by atoms with E-state index in [1.54, 1.807) is 15.8 Å². The molecule has 1 N–H and O–H groups in total. The lowest BCUT2D eigenvalue weighted by Crippen LogP contribution is -2.42. The zero-order valence-corrected chi connectivity index (χ0v) is 12.8. The van der Waals surface area contributed by atoms with Crippen LogP contribution in [0.5, 0.6) is 0 Å². The van der Waals surface area contributed by atoms with Crippen LogP contribution in [0.25, 0.3) is 10.9 Å². The summed E-state index contributed by atoms with van der Waals surface area (Å²) in [5.41, 5.74) is 2.32. The maximum absolute atomic E-state index is 12.8. The Kier molecular flexibility index (Phi) is 3.34. The van der Waals surface area contributed by atoms with Gasteiger partial charge >= 0.3 is 0 Å². The van der Waals surface area contributed by atoms with E-state index in [9.17, 15) is 4.79 Å². The van der Waals surface area contributed by atoms with Crippen molar-refractivity contribution in [1.82, 2.24) is 24.9 Å². The van der Waals surface area contributed by atoms with Crippen LogP contribution >= 0.6 is 0 Å². The molecule has 1 amide bonds. The first-order valence-corrected chi connectivity index (χ1v) is 7.55. The number of nitrogens with one attached hydrogen (secondary N) is 1. The first-order valence-electron chi connectivity index (χ1n) is 7.55. The number of nitrogens with zero attached hydrogens (tertiary/aromatic N) is 4. The normalized spacial score (nSPS) is 18.5. The summed E-state index contributed by atoms with van der Waals surface area (Å²) in [6, 6.07) is 7.65. The van der Waals surface area contributed by atoms with Crippen molar-refractivity contribution in [3.8, 4) is 0 Å². The number of morpholine rings is 1. The number of hydrogen-bond acceptors (Lipinski definition) is 4. The summed E-state index contributed by atoms with van der Waals surface area (Å²) in [7, 11) is 1.87. The van der Waals surface area contributed by atoms with E-state index in [4.69, 9.17) is 4.74 Å². The maximum Gasteiger partial charge on any atom is 0.275 e. The smallest absolute Gasteiger partial charge is 0.275 e. The summed E-state index contributed by atoms with van der Waals surface area (Å²) in [4.78, 5) is 14.6. The number of carbonyl (C=O) groups is 1. The lowest BCUT2D eigenvalue weighted by Gasteiger charge is -2.32. The van der Waals surface area contributed by atoms with Gasteiger partial charge in [0.05, 0.1) is 24.9 Å². The molecule has 7 nitrogen and oxygen atoms in total. The average molecular weight is 311 g/mol. The van der Waals surface area contributed by atoms with Gasteiger partial charge in [-0.15, -0.1) is 0 Å². The molecule has 7 heteroatoms. The van der Waals surface area contributed by atoms with Gasteiger partial charge in [0, 0.05) is 30.7 Å². The van der Waals surface area contributed by atoms with E-state index in [-0.39, 0.29) is 12.0 Å². The van der Waals surface area contributed by atoms with Crippen LogP contribution in [-0.4, -0.2) is 50.5 Å². The molecule has 1 saturated heterocycles. The largest absolute Gasteiger partial charge is 0.370 e. The van der Waals surface area contributed by atoms with Crippen molar-refractivity contribution in [2.24, 2.45) is 7.05 Å². The van der Waals surface area contributed by atoms with Crippen LogP contribution in [0.1, 0.15) is 22.2 Å². The van der Waals surface area contributed by atoms with Crippen LogP contribution in [0, 0.1) is 0 Å². The molecule has 0 saturated carbocycles. The third-order valence-corrected chi connectivity index (χ3v) is 4.12. The summed E-state index contributed by atoms with van der Waals surface area (Å²) >= 11 is 0. The Balaban J connectivity index is 1.58. The number of amides is 1. The molecule has 4 rings (SSSR count). The molecule has 3 aromatic rings. The first kappa shape index (κ1) is 14.0. The quantitative estimate of drug-likeness (QED) is 0.778. The second-order valence-electron chi connectivity index (χ2n) is 5.68. The van der Waals surface area contributed by atoms with Crippen LogP contribution in [0.3, 0.4) is 0 Å². The van der Waals surface area contributed by atoms with Crippen LogP contribution in [0.15, 0.2) is 36.7 Å². The molecule has 1 unspecified atom stereocenters. The van der Waals surface area contributed by atoms with Crippen molar-refractivity contribution in [2.45, 2.75) is 6.10 Å². The minimum atomic E-state index is -0.147. The molecule has 23 heavy (non-hydrogen) atoms. The number of ether oxygens (including phenoxy) is 1. The summed E-state index contributed by atoms with van der Waals surface area (Å²) in [6.07, 6.45) is 3.55. The summed E-state index contributed by atoms with van der Waals surface area (Å²) in [5, 5.41) is 12.1. The van der Waals surface area contributed by atoms with Crippen molar-refractivity contribution in [3.05, 3.63) is 47.9 Å². The Bertz CT molecular complexity index is 853. The Morgan fingerprint density at radius 3 is 3.09 bits per heavy atom. The van der Waals surface area contributed by atoms with Crippen molar-refractivity contribution < 1.29 is 9.53 Å². The number of aromatic nitrogens is 4. The Morgan fingerprint density at radius 1 is 1.39 bits per heavy atom. The first-order chi connectivity index (χ1) is 11.2. The highest BCUT2D eigenvalue weighted by Crippen LogP contribution is 2.24. The van der Waals surface area contributed by atoms with E-state index < -0.39 is 0 Å². The number of hydrogen-bond donors (Lipinski definition) is 1. The van der Waals surface area contributed by atoms with E-state index in [0.717, 1.165) is 16.5 Å². The van der Waals surface area contributed by atoms with Crippen LogP contribution < -0.4 is 0 Å². The van der Waals surface area contributed by atoms with Gasteiger partial charge in [0.1, 0.15) is 6.10 Å². The molecular weight excluding hydrogens is 294 g/mol. The van der Waals surface area contributed by atoms with E-state index in [0.29, 0.717) is 25.4 Å². The van der Waals surface area contributed by atoms with Gasteiger partial charge in [-0.2, -0.15) is 10.2 Å². The van der Waals surface area contributed by atoms with Gasteiger partial charge in [0.25, 0.3) is 5.91 Å². The predicted octanol–water partition coefficient (Wildman–Crippen LogP) is 1.51. The van der Waals surface area contributed by atoms with Gasteiger partial charge in [0.2, 0.25) is 0 Å². The van der Waals surface area contributed by atoms with Crippen LogP contribution in [0.4, 0.5) is 0 Å². The monoisotopic (exact) mass is 311 g/mol. The van der Waals surface area contributed by atoms with Gasteiger partial charge in [-0.05, 0) is 6.07 Å². The van der Waals surface area contributed by atoms with Gasteiger partial charge in [-0.25, -0.2) is 0 Å². The topological polar surface area (TPSA) is 76.0 Å². The molecule has 3 heterocycles. The number of H-pyrrole nitrogens is 1. The van der Waals surface area contributed by atoms with Gasteiger partial charge in [0.15, 0.2) is 5.69 Å². The third kappa shape index (κ3) is 2.49. The average Bonchev–Trinajstić information content (AvgIpc) is 3.20. The second kappa shape index (κ2) is 5.51. The molecule has 1 aliphatic heterocycles. The number of carbonyl (C=O) groups excluding carboxylic acids is 1. The van der Waals surface area contributed by atoms with E-state index >= 15 is 0 Å². The molecule has 0 aliphatic carbocycles. The molecule has 1 fully saturated rings. The van der Waals surface area contributed by atoms with E-state index in [1.165, 1.54) is 0 Å². The number of rotatable bonds is 2. The summed E-state index contributed by atoms with van der Waals surface area (Å²) in [6.45, 7) is 1.58. The molecule has 0 bridgehead atoms. The van der Waals surface area contributed by atoms with Gasteiger partial charge < -0.3 is 9.64 Å². The summed E-state index contributed by atoms with van der Waals surface area (Å²) < 4.78 is 7.52. The maximum atomic E-state index is 12.8. The molecule has 2 aromatic heterocycles. The molecule has 1 aromatic carbocycles. The minimum Gasteiger partial charge on any atom is -0.370 e. The fraction of sp³-hybridized carbons (Fsp3) is 0.312. The van der Waals surface area contributed by atoms with E-state index in [2.05, 4.69) is 15.3 Å². The fourth-order valence-electron chi connectivity index (χ4n) is 2.92. The van der Waals surface area contributed by atoms with Crippen molar-refractivity contribution in [1.29, 1.82) is 0 Å².